The molecule has 0 amide bonds. The van der Waals surface area contributed by atoms with Crippen LogP contribution < -0.4 is 5.56 Å². The third kappa shape index (κ3) is 3.59. The first kappa shape index (κ1) is 18.6. The second-order valence-electron chi connectivity index (χ2n) is 8.90. The minimum Gasteiger partial charge on any atom is -0.343 e. The molecule has 5 heteroatoms. The van der Waals surface area contributed by atoms with Gasteiger partial charge >= 0.3 is 0 Å². The average molecular weight is 411 g/mol. The van der Waals surface area contributed by atoms with Crippen molar-refractivity contribution in [3.8, 4) is 0 Å². The van der Waals surface area contributed by atoms with Crippen molar-refractivity contribution in [3.05, 3.63) is 99.4 Å². The predicted octanol–water partition coefficient (Wildman–Crippen LogP) is 4.21. The summed E-state index contributed by atoms with van der Waals surface area (Å²) in [5, 5.41) is 1.31. The molecule has 3 heterocycles. The first-order valence-corrected chi connectivity index (χ1v) is 11.2. The molecule has 2 aliphatic rings. The van der Waals surface area contributed by atoms with Gasteiger partial charge < -0.3 is 9.55 Å². The van der Waals surface area contributed by atoms with Gasteiger partial charge in [-0.05, 0) is 36.5 Å². The van der Waals surface area contributed by atoms with Crippen LogP contribution in [0.5, 0.6) is 0 Å². The van der Waals surface area contributed by atoms with Crippen molar-refractivity contribution in [2.45, 2.75) is 44.8 Å². The van der Waals surface area contributed by atoms with Crippen LogP contribution in [0.1, 0.15) is 47.0 Å². The fourth-order valence-electron chi connectivity index (χ4n) is 4.80. The summed E-state index contributed by atoms with van der Waals surface area (Å²) in [6.07, 6.45) is 5.36. The highest BCUT2D eigenvalue weighted by molar-refractivity contribution is 5.84. The number of aromatic nitrogens is 3. The van der Waals surface area contributed by atoms with E-state index in [4.69, 9.17) is 4.98 Å². The molecule has 0 unspecified atom stereocenters. The molecule has 1 fully saturated rings. The number of benzene rings is 2. The van der Waals surface area contributed by atoms with Crippen LogP contribution >= 0.6 is 0 Å². The maximum atomic E-state index is 12.5. The van der Waals surface area contributed by atoms with Crippen LogP contribution in [-0.2, 0) is 26.1 Å². The second kappa shape index (κ2) is 7.50. The minimum atomic E-state index is 0.0750. The summed E-state index contributed by atoms with van der Waals surface area (Å²) < 4.78 is 2.35. The summed E-state index contributed by atoms with van der Waals surface area (Å²) in [6, 6.07) is 19.3. The predicted molar refractivity (Wildman–Crippen MR) is 122 cm³/mol. The molecule has 1 N–H and O–H groups in total. The summed E-state index contributed by atoms with van der Waals surface area (Å²) in [4.78, 5) is 22.8. The van der Waals surface area contributed by atoms with Gasteiger partial charge in [0.15, 0.2) is 0 Å². The molecule has 2 aromatic carbocycles. The molecular formula is C26H26N4O. The molecule has 4 aromatic rings. The smallest absolute Gasteiger partial charge is 0.254 e. The van der Waals surface area contributed by atoms with Crippen molar-refractivity contribution in [1.29, 1.82) is 0 Å². The largest absolute Gasteiger partial charge is 0.343 e. The Hall–Kier alpha value is -3.18. The van der Waals surface area contributed by atoms with Crippen LogP contribution in [0.4, 0.5) is 0 Å². The van der Waals surface area contributed by atoms with Crippen molar-refractivity contribution < 1.29 is 0 Å². The Bertz CT molecular complexity index is 1300. The van der Waals surface area contributed by atoms with Crippen molar-refractivity contribution in [2.75, 3.05) is 6.54 Å². The van der Waals surface area contributed by atoms with Crippen LogP contribution in [-0.4, -0.2) is 26.0 Å². The highest BCUT2D eigenvalue weighted by Crippen LogP contribution is 2.38. The Balaban J connectivity index is 1.29. The third-order valence-electron chi connectivity index (χ3n) is 6.60. The second-order valence-corrected chi connectivity index (χ2v) is 8.90. The van der Waals surface area contributed by atoms with Gasteiger partial charge in [-0.3, -0.25) is 9.69 Å². The number of hydrogen-bond donors (Lipinski definition) is 1. The first-order valence-electron chi connectivity index (χ1n) is 11.2. The average Bonchev–Trinajstić information content (AvgIpc) is 3.59. The zero-order valence-corrected chi connectivity index (χ0v) is 17.6. The highest BCUT2D eigenvalue weighted by Gasteiger charge is 2.29. The van der Waals surface area contributed by atoms with Gasteiger partial charge in [0.25, 0.3) is 5.56 Å². The molecule has 0 spiro atoms. The quantitative estimate of drug-likeness (QED) is 0.536. The van der Waals surface area contributed by atoms with E-state index < -0.39 is 0 Å². The standard InChI is InChI=1S/C26H26N4O/c31-26-22-12-13-29(17-23(22)27-25(28-26)19-10-11-19)15-20-16-30(14-18-6-2-1-3-7-18)24-9-5-4-8-21(20)24/h1-9,16,19H,10-15,17H2,(H,27,28,31). The number of para-hydroxylation sites is 1. The number of H-pyrrole nitrogens is 1. The summed E-state index contributed by atoms with van der Waals surface area (Å²) in [5.74, 6) is 1.36. The molecule has 156 valence electrons. The van der Waals surface area contributed by atoms with Gasteiger partial charge in [-0.15, -0.1) is 0 Å². The van der Waals surface area contributed by atoms with Crippen LogP contribution in [0.15, 0.2) is 65.6 Å². The number of nitrogens with one attached hydrogen (secondary N) is 1. The van der Waals surface area contributed by atoms with E-state index >= 15 is 0 Å². The lowest BCUT2D eigenvalue weighted by Crippen LogP contribution is -2.35. The first-order chi connectivity index (χ1) is 15.2. The summed E-state index contributed by atoms with van der Waals surface area (Å²) >= 11 is 0. The highest BCUT2D eigenvalue weighted by atomic mass is 16.1. The van der Waals surface area contributed by atoms with Gasteiger partial charge in [-0.1, -0.05) is 48.5 Å². The van der Waals surface area contributed by atoms with E-state index in [1.807, 2.05) is 0 Å². The van der Waals surface area contributed by atoms with E-state index in [2.05, 4.69) is 75.2 Å². The Kier molecular flexibility index (Phi) is 4.50. The Morgan fingerprint density at radius 3 is 2.65 bits per heavy atom. The van der Waals surface area contributed by atoms with Crippen molar-refractivity contribution >= 4 is 10.9 Å². The van der Waals surface area contributed by atoms with E-state index in [1.54, 1.807) is 0 Å². The van der Waals surface area contributed by atoms with Crippen molar-refractivity contribution in [3.63, 3.8) is 0 Å². The van der Waals surface area contributed by atoms with E-state index in [1.165, 1.54) is 22.0 Å². The van der Waals surface area contributed by atoms with Gasteiger partial charge in [0, 0.05) is 54.8 Å². The van der Waals surface area contributed by atoms with Crippen LogP contribution in [0.3, 0.4) is 0 Å². The maximum Gasteiger partial charge on any atom is 0.254 e. The fraction of sp³-hybridized carbons (Fsp3) is 0.308. The fourth-order valence-corrected chi connectivity index (χ4v) is 4.80. The van der Waals surface area contributed by atoms with E-state index in [-0.39, 0.29) is 5.56 Å². The lowest BCUT2D eigenvalue weighted by molar-refractivity contribution is 0.240. The molecule has 1 aliphatic carbocycles. The van der Waals surface area contributed by atoms with Gasteiger partial charge in [-0.25, -0.2) is 4.98 Å². The number of hydrogen-bond acceptors (Lipinski definition) is 3. The third-order valence-corrected chi connectivity index (χ3v) is 6.60. The topological polar surface area (TPSA) is 53.9 Å². The molecule has 0 saturated heterocycles. The number of rotatable bonds is 5. The maximum absolute atomic E-state index is 12.5. The SMILES string of the molecule is O=c1[nH]c(C2CC2)nc2c1CCN(Cc1cn(Cc3ccccc3)c3ccccc13)C2. The molecule has 5 nitrogen and oxygen atoms in total. The van der Waals surface area contributed by atoms with E-state index in [9.17, 15) is 4.79 Å². The zero-order valence-electron chi connectivity index (χ0n) is 17.6. The van der Waals surface area contributed by atoms with Crippen LogP contribution in [0.2, 0.25) is 0 Å². The lowest BCUT2D eigenvalue weighted by Gasteiger charge is -2.27. The van der Waals surface area contributed by atoms with Crippen molar-refractivity contribution in [2.24, 2.45) is 0 Å². The zero-order chi connectivity index (χ0) is 20.8. The van der Waals surface area contributed by atoms with Gasteiger partial charge in [0.2, 0.25) is 0 Å². The molecule has 6 rings (SSSR count). The molecule has 0 atom stereocenters. The molecule has 1 aliphatic heterocycles. The lowest BCUT2D eigenvalue weighted by atomic mass is 10.1. The number of nitrogens with zero attached hydrogens (tertiary/aromatic N) is 3. The summed E-state index contributed by atoms with van der Waals surface area (Å²) in [6.45, 7) is 3.37. The molecule has 0 radical (unpaired) electrons. The minimum absolute atomic E-state index is 0.0750. The summed E-state index contributed by atoms with van der Waals surface area (Å²) in [7, 11) is 0. The Morgan fingerprint density at radius 2 is 1.81 bits per heavy atom. The van der Waals surface area contributed by atoms with Crippen LogP contribution in [0.25, 0.3) is 10.9 Å². The molecular weight excluding hydrogens is 384 g/mol. The number of fused-ring (bicyclic) bond motifs is 2. The Labute approximate surface area is 181 Å². The molecule has 2 aromatic heterocycles. The number of aromatic amines is 1. The van der Waals surface area contributed by atoms with E-state index in [0.717, 1.165) is 62.5 Å². The molecule has 0 bridgehead atoms. The normalized spacial score (nSPS) is 16.5. The van der Waals surface area contributed by atoms with Crippen molar-refractivity contribution in [1.82, 2.24) is 19.4 Å². The monoisotopic (exact) mass is 410 g/mol. The molecule has 1 saturated carbocycles. The van der Waals surface area contributed by atoms with Gasteiger partial charge in [0.1, 0.15) is 5.82 Å². The van der Waals surface area contributed by atoms with Gasteiger partial charge in [-0.2, -0.15) is 0 Å². The van der Waals surface area contributed by atoms with E-state index in [0.29, 0.717) is 5.92 Å². The van der Waals surface area contributed by atoms with Gasteiger partial charge in [0.05, 0.1) is 5.69 Å². The Morgan fingerprint density at radius 1 is 1.00 bits per heavy atom. The molecule has 31 heavy (non-hydrogen) atoms. The summed E-state index contributed by atoms with van der Waals surface area (Å²) in [5.41, 5.74) is 5.84. The van der Waals surface area contributed by atoms with Crippen LogP contribution in [0, 0.1) is 0 Å².